The molecule has 2 aromatic rings. The normalized spacial score (nSPS) is 19.8. The molecule has 0 aliphatic heterocycles. The van der Waals surface area contributed by atoms with Crippen LogP contribution in [0.5, 0.6) is 0 Å². The van der Waals surface area contributed by atoms with E-state index in [1.165, 1.54) is 6.21 Å². The van der Waals surface area contributed by atoms with Gasteiger partial charge in [0.2, 0.25) is 11.8 Å². The largest absolute Gasteiger partial charge is 0.481 e. The fraction of sp³-hybridized carbons (Fsp3) is 0.385. The highest BCUT2D eigenvalue weighted by atomic mass is 16.4. The molecule has 4 atom stereocenters. The Balaban J connectivity index is 1.76. The van der Waals surface area contributed by atoms with Crippen molar-refractivity contribution in [2.45, 2.75) is 45.1 Å². The first-order valence-corrected chi connectivity index (χ1v) is 11.7. The highest BCUT2D eigenvalue weighted by Gasteiger charge is 2.38. The molecule has 8 nitrogen and oxygen atoms in total. The third-order valence-corrected chi connectivity index (χ3v) is 6.46. The van der Waals surface area contributed by atoms with Crippen LogP contribution in [0.3, 0.4) is 0 Å². The topological polar surface area (TPSA) is 134 Å². The van der Waals surface area contributed by atoms with Crippen LogP contribution in [0.25, 0.3) is 0 Å². The number of anilines is 1. The second-order valence-corrected chi connectivity index (χ2v) is 8.64. The van der Waals surface area contributed by atoms with Gasteiger partial charge in [0.15, 0.2) is 0 Å². The molecule has 0 radical (unpaired) electrons. The van der Waals surface area contributed by atoms with Crippen LogP contribution in [0.1, 0.15) is 56.2 Å². The Bertz CT molecular complexity index is 1010. The van der Waals surface area contributed by atoms with E-state index in [9.17, 15) is 19.5 Å². The van der Waals surface area contributed by atoms with E-state index in [1.54, 1.807) is 31.2 Å². The molecule has 34 heavy (non-hydrogen) atoms. The smallest absolute Gasteiger partial charge is 0.308 e. The summed E-state index contributed by atoms with van der Waals surface area (Å²) in [6.45, 7) is 1.79. The van der Waals surface area contributed by atoms with Crippen molar-refractivity contribution in [1.29, 1.82) is 0 Å². The predicted octanol–water partition coefficient (Wildman–Crippen LogP) is 3.69. The first-order chi connectivity index (χ1) is 16.4. The number of hydrazone groups is 1. The number of nitrogens with one attached hydrogen (secondary N) is 2. The van der Waals surface area contributed by atoms with Crippen molar-refractivity contribution in [3.63, 3.8) is 0 Å². The quantitative estimate of drug-likeness (QED) is 0.255. The minimum absolute atomic E-state index is 0.207. The average Bonchev–Trinajstić information content (AvgIpc) is 2.85. The molecule has 0 bridgehead atoms. The zero-order valence-electron chi connectivity index (χ0n) is 19.3. The molecule has 0 spiro atoms. The van der Waals surface area contributed by atoms with Crippen molar-refractivity contribution in [2.24, 2.45) is 28.7 Å². The second kappa shape index (κ2) is 12.0. The number of hydrogen-bond donors (Lipinski definition) is 4. The van der Waals surface area contributed by atoms with E-state index in [4.69, 9.17) is 5.84 Å². The lowest BCUT2D eigenvalue weighted by molar-refractivity contribution is -0.144. The summed E-state index contributed by atoms with van der Waals surface area (Å²) in [5.41, 5.74) is 2.18. The number of carbonyl (C=O) groups is 3. The van der Waals surface area contributed by atoms with Crippen molar-refractivity contribution in [1.82, 2.24) is 5.32 Å². The van der Waals surface area contributed by atoms with Gasteiger partial charge >= 0.3 is 5.97 Å². The molecule has 0 aromatic heterocycles. The van der Waals surface area contributed by atoms with Gasteiger partial charge in [-0.2, -0.15) is 5.10 Å². The molecule has 180 valence electrons. The van der Waals surface area contributed by atoms with E-state index in [1.807, 2.05) is 30.3 Å². The first kappa shape index (κ1) is 25.0. The van der Waals surface area contributed by atoms with E-state index >= 15 is 0 Å². The standard InChI is InChI=1S/C26H32N4O4/c1-2-20(26(33)34)23(18-8-4-3-5-9-18)30-25(32)22-11-7-6-10-21(22)24(31)29-19-14-12-17(13-15-19)16-28-27/h3-5,8-9,12-16,20-23H,2,6-7,10-11,27H2,1H3,(H,29,31)(H,30,32)(H,33,34). The lowest BCUT2D eigenvalue weighted by Crippen LogP contribution is -2.45. The highest BCUT2D eigenvalue weighted by molar-refractivity contribution is 5.96. The Labute approximate surface area is 199 Å². The molecule has 1 aliphatic carbocycles. The zero-order valence-corrected chi connectivity index (χ0v) is 19.3. The number of carbonyl (C=O) groups excluding carboxylic acids is 2. The summed E-state index contributed by atoms with van der Waals surface area (Å²) in [4.78, 5) is 38.4. The number of rotatable bonds is 9. The first-order valence-electron chi connectivity index (χ1n) is 11.7. The summed E-state index contributed by atoms with van der Waals surface area (Å²) in [5.74, 6) is 1.95. The average molecular weight is 465 g/mol. The molecule has 0 saturated heterocycles. The van der Waals surface area contributed by atoms with Crippen molar-refractivity contribution in [3.05, 3.63) is 65.7 Å². The van der Waals surface area contributed by atoms with E-state index in [2.05, 4.69) is 15.7 Å². The minimum atomic E-state index is -0.960. The van der Waals surface area contributed by atoms with Crippen molar-refractivity contribution < 1.29 is 19.5 Å². The summed E-state index contributed by atoms with van der Waals surface area (Å²) in [5, 5.41) is 19.1. The summed E-state index contributed by atoms with van der Waals surface area (Å²) in [6.07, 6.45) is 4.78. The predicted molar refractivity (Wildman–Crippen MR) is 131 cm³/mol. The number of nitrogens with zero attached hydrogens (tertiary/aromatic N) is 1. The number of nitrogens with two attached hydrogens (primary N) is 1. The molecule has 1 fully saturated rings. The summed E-state index contributed by atoms with van der Waals surface area (Å²) in [7, 11) is 0. The Morgan fingerprint density at radius 3 is 2.21 bits per heavy atom. The van der Waals surface area contributed by atoms with Gasteiger partial charge in [-0.3, -0.25) is 14.4 Å². The Hall–Kier alpha value is -3.68. The minimum Gasteiger partial charge on any atom is -0.481 e. The fourth-order valence-electron chi connectivity index (χ4n) is 4.62. The number of amides is 2. The van der Waals surface area contributed by atoms with Gasteiger partial charge < -0.3 is 21.6 Å². The second-order valence-electron chi connectivity index (χ2n) is 8.64. The van der Waals surface area contributed by atoms with Crippen LogP contribution in [0.4, 0.5) is 5.69 Å². The molecule has 8 heteroatoms. The van der Waals surface area contributed by atoms with Gasteiger partial charge in [0, 0.05) is 17.5 Å². The lowest BCUT2D eigenvalue weighted by Gasteiger charge is -2.32. The van der Waals surface area contributed by atoms with Crippen LogP contribution >= 0.6 is 0 Å². The maximum absolute atomic E-state index is 13.4. The Morgan fingerprint density at radius 2 is 1.65 bits per heavy atom. The number of aliphatic carboxylic acids is 1. The summed E-state index contributed by atoms with van der Waals surface area (Å²) < 4.78 is 0. The van der Waals surface area contributed by atoms with Gasteiger partial charge in [-0.15, -0.1) is 0 Å². The van der Waals surface area contributed by atoms with Crippen LogP contribution in [0.2, 0.25) is 0 Å². The van der Waals surface area contributed by atoms with E-state index in [0.717, 1.165) is 24.0 Å². The molecular formula is C26H32N4O4. The highest BCUT2D eigenvalue weighted by Crippen LogP contribution is 2.33. The van der Waals surface area contributed by atoms with Crippen LogP contribution in [0.15, 0.2) is 59.7 Å². The van der Waals surface area contributed by atoms with Crippen LogP contribution in [0, 0.1) is 17.8 Å². The molecule has 1 saturated carbocycles. The molecule has 0 heterocycles. The number of carboxylic acid groups (broad SMARTS) is 1. The van der Waals surface area contributed by atoms with Crippen LogP contribution in [-0.4, -0.2) is 29.1 Å². The number of hydrogen-bond acceptors (Lipinski definition) is 5. The number of carboxylic acids is 1. The molecule has 5 N–H and O–H groups in total. The van der Waals surface area contributed by atoms with Gasteiger partial charge in [-0.1, -0.05) is 62.2 Å². The van der Waals surface area contributed by atoms with E-state index in [0.29, 0.717) is 24.9 Å². The molecule has 2 amide bonds. The molecule has 3 rings (SSSR count). The van der Waals surface area contributed by atoms with Gasteiger partial charge in [-0.05, 0) is 42.5 Å². The summed E-state index contributed by atoms with van der Waals surface area (Å²) >= 11 is 0. The van der Waals surface area contributed by atoms with Crippen LogP contribution in [-0.2, 0) is 14.4 Å². The van der Waals surface area contributed by atoms with Crippen LogP contribution < -0.4 is 16.5 Å². The fourth-order valence-corrected chi connectivity index (χ4v) is 4.62. The Kier molecular flexibility index (Phi) is 8.79. The maximum Gasteiger partial charge on any atom is 0.308 e. The molecular weight excluding hydrogens is 432 g/mol. The molecule has 2 aromatic carbocycles. The van der Waals surface area contributed by atoms with Crippen molar-refractivity contribution >= 4 is 29.7 Å². The number of benzene rings is 2. The zero-order chi connectivity index (χ0) is 24.5. The monoisotopic (exact) mass is 464 g/mol. The van der Waals surface area contributed by atoms with Gasteiger partial charge in [0.25, 0.3) is 0 Å². The summed E-state index contributed by atoms with van der Waals surface area (Å²) in [6, 6.07) is 15.6. The third-order valence-electron chi connectivity index (χ3n) is 6.46. The molecule has 4 unspecified atom stereocenters. The maximum atomic E-state index is 13.4. The lowest BCUT2D eigenvalue weighted by atomic mass is 9.77. The van der Waals surface area contributed by atoms with Gasteiger partial charge in [0.05, 0.1) is 18.2 Å². The Morgan fingerprint density at radius 1 is 1.03 bits per heavy atom. The van der Waals surface area contributed by atoms with E-state index in [-0.39, 0.29) is 11.8 Å². The van der Waals surface area contributed by atoms with Gasteiger partial charge in [-0.25, -0.2) is 0 Å². The van der Waals surface area contributed by atoms with Crippen molar-refractivity contribution in [2.75, 3.05) is 5.32 Å². The van der Waals surface area contributed by atoms with Gasteiger partial charge in [0.1, 0.15) is 0 Å². The molecule has 1 aliphatic rings. The van der Waals surface area contributed by atoms with Crippen molar-refractivity contribution in [3.8, 4) is 0 Å². The third kappa shape index (κ3) is 6.21. The SMILES string of the molecule is CCC(C(=O)O)C(NC(=O)C1CCCCC1C(=O)Nc1ccc(C=NN)cc1)c1ccccc1. The van der Waals surface area contributed by atoms with E-state index < -0.39 is 29.8 Å².